The van der Waals surface area contributed by atoms with Crippen LogP contribution < -0.4 is 5.32 Å². The number of nitrogens with one attached hydrogen (secondary N) is 1. The van der Waals surface area contributed by atoms with Crippen molar-refractivity contribution in [3.8, 4) is 0 Å². The molecule has 1 aromatic heterocycles. The maximum absolute atomic E-state index is 13.4. The predicted molar refractivity (Wildman–Crippen MR) is 69.1 cm³/mol. The monoisotopic (exact) mass is 284 g/mol. The quantitative estimate of drug-likeness (QED) is 0.835. The van der Waals surface area contributed by atoms with Crippen molar-refractivity contribution in [3.05, 3.63) is 29.6 Å². The minimum absolute atomic E-state index is 0.0436. The number of hydrogen-bond acceptors (Lipinski definition) is 3. The molecule has 0 saturated heterocycles. The van der Waals surface area contributed by atoms with E-state index in [1.165, 1.54) is 0 Å². The summed E-state index contributed by atoms with van der Waals surface area (Å²) in [5.41, 5.74) is -1.35. The number of nitrogens with zero attached hydrogens (tertiary/aromatic N) is 1. The number of rotatable bonds is 3. The molecule has 2 N–H and O–H groups in total. The van der Waals surface area contributed by atoms with E-state index in [1.54, 1.807) is 0 Å². The molecule has 1 amide bonds. The van der Waals surface area contributed by atoms with Crippen LogP contribution in [0, 0.1) is 17.7 Å². The number of carbonyl (C=O) groups excluding carboxylic acids is 1. The Kier molecular flexibility index (Phi) is 4.32. The standard InChI is InChI=1S/C14H18F2N2O2/c1-9-2-5-14(20,6-3-9)8-18-13(19)10-4-7-17-12(16)11(10)15/h4,7,9,20H,2-3,5-6,8H2,1H3,(H,18,19). The summed E-state index contributed by atoms with van der Waals surface area (Å²) in [5.74, 6) is -2.74. The lowest BCUT2D eigenvalue weighted by Crippen LogP contribution is -2.45. The molecule has 1 fully saturated rings. The van der Waals surface area contributed by atoms with Gasteiger partial charge in [-0.2, -0.15) is 4.39 Å². The maximum atomic E-state index is 13.4. The first-order valence-electron chi connectivity index (χ1n) is 6.72. The molecule has 0 bridgehead atoms. The van der Waals surface area contributed by atoms with Gasteiger partial charge in [0.1, 0.15) is 0 Å². The average Bonchev–Trinajstić information content (AvgIpc) is 2.43. The minimum Gasteiger partial charge on any atom is -0.388 e. The van der Waals surface area contributed by atoms with Crippen LogP contribution >= 0.6 is 0 Å². The summed E-state index contributed by atoms with van der Waals surface area (Å²) in [4.78, 5) is 14.9. The summed E-state index contributed by atoms with van der Waals surface area (Å²) in [6.07, 6.45) is 4.02. The molecule has 0 atom stereocenters. The van der Waals surface area contributed by atoms with E-state index in [0.717, 1.165) is 25.1 Å². The fraction of sp³-hybridized carbons (Fsp3) is 0.571. The highest BCUT2D eigenvalue weighted by atomic mass is 19.2. The fourth-order valence-corrected chi connectivity index (χ4v) is 2.41. The van der Waals surface area contributed by atoms with Gasteiger partial charge in [-0.05, 0) is 37.7 Å². The molecule has 1 saturated carbocycles. The van der Waals surface area contributed by atoms with Crippen LogP contribution in [0.4, 0.5) is 8.78 Å². The Morgan fingerprint density at radius 1 is 1.50 bits per heavy atom. The Bertz CT molecular complexity index is 500. The molecular weight excluding hydrogens is 266 g/mol. The SMILES string of the molecule is CC1CCC(O)(CNC(=O)c2ccnc(F)c2F)CC1. The molecule has 1 heterocycles. The Balaban J connectivity index is 1.97. The van der Waals surface area contributed by atoms with E-state index < -0.39 is 28.8 Å². The highest BCUT2D eigenvalue weighted by Gasteiger charge is 2.32. The van der Waals surface area contributed by atoms with Crippen LogP contribution in [0.5, 0.6) is 0 Å². The number of amides is 1. The molecule has 6 heteroatoms. The van der Waals surface area contributed by atoms with Crippen molar-refractivity contribution in [2.45, 2.75) is 38.2 Å². The van der Waals surface area contributed by atoms with E-state index in [2.05, 4.69) is 17.2 Å². The summed E-state index contributed by atoms with van der Waals surface area (Å²) in [7, 11) is 0. The topological polar surface area (TPSA) is 62.2 Å². The van der Waals surface area contributed by atoms with Gasteiger partial charge in [0, 0.05) is 12.7 Å². The van der Waals surface area contributed by atoms with Crippen molar-refractivity contribution in [3.63, 3.8) is 0 Å². The van der Waals surface area contributed by atoms with Crippen LogP contribution in [0.3, 0.4) is 0 Å². The van der Waals surface area contributed by atoms with Gasteiger partial charge in [0.05, 0.1) is 11.2 Å². The molecule has 0 unspecified atom stereocenters. The van der Waals surface area contributed by atoms with Gasteiger partial charge in [-0.1, -0.05) is 6.92 Å². The molecule has 1 aliphatic carbocycles. The van der Waals surface area contributed by atoms with Gasteiger partial charge < -0.3 is 10.4 Å². The minimum atomic E-state index is -1.30. The lowest BCUT2D eigenvalue weighted by molar-refractivity contribution is -0.00543. The van der Waals surface area contributed by atoms with Gasteiger partial charge in [-0.3, -0.25) is 4.79 Å². The number of carbonyl (C=O) groups is 1. The number of aliphatic hydroxyl groups is 1. The first kappa shape index (κ1) is 14.8. The first-order valence-corrected chi connectivity index (χ1v) is 6.72. The van der Waals surface area contributed by atoms with Crippen molar-refractivity contribution in [2.75, 3.05) is 6.54 Å². The Hall–Kier alpha value is -1.56. The molecule has 0 aliphatic heterocycles. The second kappa shape index (κ2) is 5.83. The fourth-order valence-electron chi connectivity index (χ4n) is 2.41. The van der Waals surface area contributed by atoms with E-state index >= 15 is 0 Å². The molecule has 20 heavy (non-hydrogen) atoms. The van der Waals surface area contributed by atoms with Crippen molar-refractivity contribution in [2.24, 2.45) is 5.92 Å². The normalized spacial score (nSPS) is 26.3. The summed E-state index contributed by atoms with van der Waals surface area (Å²) >= 11 is 0. The Morgan fingerprint density at radius 2 is 2.15 bits per heavy atom. The summed E-state index contributed by atoms with van der Waals surface area (Å²) < 4.78 is 26.3. The molecule has 4 nitrogen and oxygen atoms in total. The Morgan fingerprint density at radius 3 is 2.80 bits per heavy atom. The third kappa shape index (κ3) is 3.30. The number of aromatic nitrogens is 1. The molecule has 110 valence electrons. The van der Waals surface area contributed by atoms with E-state index in [1.807, 2.05) is 0 Å². The zero-order valence-electron chi connectivity index (χ0n) is 11.3. The predicted octanol–water partition coefficient (Wildman–Crippen LogP) is 2.03. The first-order chi connectivity index (χ1) is 9.41. The second-order valence-corrected chi connectivity index (χ2v) is 5.55. The summed E-state index contributed by atoms with van der Waals surface area (Å²) in [6, 6.07) is 1.11. The van der Waals surface area contributed by atoms with Crippen molar-refractivity contribution >= 4 is 5.91 Å². The van der Waals surface area contributed by atoms with Crippen LogP contribution in [-0.2, 0) is 0 Å². The summed E-state index contributed by atoms with van der Waals surface area (Å²) in [6.45, 7) is 2.16. The van der Waals surface area contributed by atoms with Gasteiger partial charge in [0.15, 0.2) is 5.82 Å². The van der Waals surface area contributed by atoms with E-state index in [-0.39, 0.29) is 6.54 Å². The number of halogens is 2. The van der Waals surface area contributed by atoms with Gasteiger partial charge in [0.2, 0.25) is 5.95 Å². The molecule has 0 radical (unpaired) electrons. The van der Waals surface area contributed by atoms with Gasteiger partial charge >= 0.3 is 0 Å². The number of hydrogen-bond donors (Lipinski definition) is 2. The third-order valence-electron chi connectivity index (χ3n) is 3.87. The van der Waals surface area contributed by atoms with Crippen LogP contribution in [0.15, 0.2) is 12.3 Å². The smallest absolute Gasteiger partial charge is 0.254 e. The Labute approximate surface area is 116 Å². The maximum Gasteiger partial charge on any atom is 0.254 e. The largest absolute Gasteiger partial charge is 0.388 e. The average molecular weight is 284 g/mol. The highest BCUT2D eigenvalue weighted by Crippen LogP contribution is 2.31. The number of pyridine rings is 1. The zero-order chi connectivity index (χ0) is 14.8. The van der Waals surface area contributed by atoms with Crippen LogP contribution in [0.25, 0.3) is 0 Å². The molecule has 1 aliphatic rings. The van der Waals surface area contributed by atoms with E-state index in [4.69, 9.17) is 0 Å². The van der Waals surface area contributed by atoms with Crippen LogP contribution in [-0.4, -0.2) is 28.1 Å². The van der Waals surface area contributed by atoms with Crippen molar-refractivity contribution in [1.82, 2.24) is 10.3 Å². The van der Waals surface area contributed by atoms with Crippen LogP contribution in [0.1, 0.15) is 43.0 Å². The van der Waals surface area contributed by atoms with Crippen LogP contribution in [0.2, 0.25) is 0 Å². The molecular formula is C14H18F2N2O2. The second-order valence-electron chi connectivity index (χ2n) is 5.55. The zero-order valence-corrected chi connectivity index (χ0v) is 11.3. The molecule has 0 aromatic carbocycles. The van der Waals surface area contributed by atoms with Crippen molar-refractivity contribution in [1.29, 1.82) is 0 Å². The lowest BCUT2D eigenvalue weighted by atomic mass is 9.79. The lowest BCUT2D eigenvalue weighted by Gasteiger charge is -2.34. The van der Waals surface area contributed by atoms with E-state index in [9.17, 15) is 18.7 Å². The van der Waals surface area contributed by atoms with Gasteiger partial charge in [-0.15, -0.1) is 0 Å². The highest BCUT2D eigenvalue weighted by molar-refractivity contribution is 5.94. The molecule has 0 spiro atoms. The molecule has 2 rings (SSSR count). The van der Waals surface area contributed by atoms with Crippen molar-refractivity contribution < 1.29 is 18.7 Å². The van der Waals surface area contributed by atoms with Gasteiger partial charge in [0.25, 0.3) is 5.91 Å². The van der Waals surface area contributed by atoms with Gasteiger partial charge in [-0.25, -0.2) is 9.37 Å². The third-order valence-corrected chi connectivity index (χ3v) is 3.87. The summed E-state index contributed by atoms with van der Waals surface area (Å²) in [5, 5.41) is 12.8. The van der Waals surface area contributed by atoms with E-state index in [0.29, 0.717) is 18.8 Å². The molecule has 1 aromatic rings.